The molecule has 0 saturated heterocycles. The first-order valence-corrected chi connectivity index (χ1v) is 10.6. The van der Waals surface area contributed by atoms with Crippen LogP contribution in [0.4, 0.5) is 5.82 Å². The van der Waals surface area contributed by atoms with Crippen molar-refractivity contribution in [2.75, 3.05) is 5.73 Å². The number of anilines is 1. The van der Waals surface area contributed by atoms with Gasteiger partial charge in [0.25, 0.3) is 0 Å². The number of halogens is 1. The van der Waals surface area contributed by atoms with Gasteiger partial charge in [0.15, 0.2) is 5.82 Å². The summed E-state index contributed by atoms with van der Waals surface area (Å²) in [6.07, 6.45) is 1.96. The normalized spacial score (nSPS) is 12.9. The number of hydrogen-bond donors (Lipinski definition) is 3. The molecular formula is C22H26ClN7O2. The first kappa shape index (κ1) is 21.9. The minimum absolute atomic E-state index is 0.262. The van der Waals surface area contributed by atoms with E-state index in [4.69, 9.17) is 22.1 Å². The number of nitrogens with one attached hydrogen (secondary N) is 2. The van der Waals surface area contributed by atoms with Gasteiger partial charge in [-0.25, -0.2) is 4.98 Å². The molecule has 168 valence electrons. The molecule has 0 aliphatic carbocycles. The maximum atomic E-state index is 13.1. The van der Waals surface area contributed by atoms with Crippen LogP contribution in [0.5, 0.6) is 0 Å². The molecule has 4 rings (SSSR count). The third kappa shape index (κ3) is 4.20. The van der Waals surface area contributed by atoms with Gasteiger partial charge in [0, 0.05) is 24.4 Å². The highest BCUT2D eigenvalue weighted by Crippen LogP contribution is 2.30. The zero-order valence-electron chi connectivity index (χ0n) is 18.7. The van der Waals surface area contributed by atoms with Crippen LogP contribution in [-0.2, 0) is 23.0 Å². The summed E-state index contributed by atoms with van der Waals surface area (Å²) in [5, 5.41) is 12.8. The number of hydrogen-bond acceptors (Lipinski definition) is 6. The molecule has 0 fully saturated rings. The van der Waals surface area contributed by atoms with Crippen LogP contribution in [0, 0.1) is 6.92 Å². The Labute approximate surface area is 190 Å². The van der Waals surface area contributed by atoms with Crippen molar-refractivity contribution in [2.24, 2.45) is 7.05 Å². The van der Waals surface area contributed by atoms with Crippen LogP contribution >= 0.6 is 11.6 Å². The number of H-pyrrole nitrogens is 2. The lowest BCUT2D eigenvalue weighted by Crippen LogP contribution is -2.29. The highest BCUT2D eigenvalue weighted by atomic mass is 35.5. The van der Waals surface area contributed by atoms with E-state index in [2.05, 4.69) is 25.3 Å². The smallest absolute Gasteiger partial charge is 0.317 e. The predicted molar refractivity (Wildman–Crippen MR) is 123 cm³/mol. The van der Waals surface area contributed by atoms with Gasteiger partial charge in [0.05, 0.1) is 33.8 Å². The van der Waals surface area contributed by atoms with Gasteiger partial charge in [-0.05, 0) is 39.8 Å². The first-order valence-electron chi connectivity index (χ1n) is 10.2. The third-order valence-corrected chi connectivity index (χ3v) is 5.74. The molecule has 0 unspecified atom stereocenters. The molecule has 0 aliphatic heterocycles. The zero-order valence-corrected chi connectivity index (χ0v) is 19.4. The van der Waals surface area contributed by atoms with Crippen molar-refractivity contribution in [1.82, 2.24) is 29.9 Å². The Bertz CT molecular complexity index is 1300. The van der Waals surface area contributed by atoms with Gasteiger partial charge in [0.2, 0.25) is 0 Å². The second kappa shape index (κ2) is 7.98. The molecule has 4 N–H and O–H groups in total. The average Bonchev–Trinajstić information content (AvgIpc) is 3.40. The molecule has 10 heteroatoms. The van der Waals surface area contributed by atoms with Crippen LogP contribution in [0.15, 0.2) is 24.4 Å². The number of imidazole rings is 1. The van der Waals surface area contributed by atoms with Crippen LogP contribution < -0.4 is 5.73 Å². The fraction of sp³-hybridized carbons (Fsp3) is 0.364. The Hall–Kier alpha value is -3.33. The van der Waals surface area contributed by atoms with Crippen molar-refractivity contribution >= 4 is 34.3 Å². The summed E-state index contributed by atoms with van der Waals surface area (Å²) in [6, 6.07) is 5.75. The number of aromatic nitrogens is 6. The van der Waals surface area contributed by atoms with E-state index in [1.54, 1.807) is 10.9 Å². The number of nitrogen functional groups attached to an aromatic ring is 1. The second-order valence-corrected chi connectivity index (χ2v) is 9.19. The lowest BCUT2D eigenvalue weighted by molar-refractivity contribution is -0.157. The average molecular weight is 456 g/mol. The maximum absolute atomic E-state index is 13.1. The van der Waals surface area contributed by atoms with Gasteiger partial charge in [-0.1, -0.05) is 17.7 Å². The number of aromatic amines is 2. The Balaban J connectivity index is 1.69. The Morgan fingerprint density at radius 1 is 1.34 bits per heavy atom. The van der Waals surface area contributed by atoms with Crippen molar-refractivity contribution in [1.29, 1.82) is 0 Å². The van der Waals surface area contributed by atoms with Crippen molar-refractivity contribution in [2.45, 2.75) is 45.6 Å². The zero-order chi connectivity index (χ0) is 23.2. The van der Waals surface area contributed by atoms with E-state index in [1.165, 1.54) is 0 Å². The summed E-state index contributed by atoms with van der Waals surface area (Å²) < 4.78 is 7.37. The molecule has 0 bridgehead atoms. The van der Waals surface area contributed by atoms with Gasteiger partial charge < -0.3 is 15.5 Å². The van der Waals surface area contributed by atoms with E-state index in [9.17, 15) is 4.79 Å². The van der Waals surface area contributed by atoms with E-state index >= 15 is 0 Å². The fourth-order valence-electron chi connectivity index (χ4n) is 3.51. The number of benzene rings is 1. The van der Waals surface area contributed by atoms with E-state index in [0.29, 0.717) is 22.4 Å². The van der Waals surface area contributed by atoms with Crippen molar-refractivity contribution in [3.63, 3.8) is 0 Å². The number of nitrogens with two attached hydrogens (primary N) is 1. The van der Waals surface area contributed by atoms with Gasteiger partial charge in [-0.15, -0.1) is 0 Å². The first-order chi connectivity index (χ1) is 15.0. The molecule has 9 nitrogen and oxygen atoms in total. The standard InChI is InChI=1S/C22H26ClN7O2/c1-11-18(23)16(29-30(11)5)9-14(21(31)32-22(2,3)4)20-25-10-17(26-20)12-6-7-13-15(8-12)27-28-19(13)24/h6-8,10,14H,9H2,1-5H3,(H,25,26)(H3,24,27,28)/t14-/m0/s1. The van der Waals surface area contributed by atoms with Crippen LogP contribution in [0.1, 0.15) is 43.9 Å². The van der Waals surface area contributed by atoms with Crippen LogP contribution in [-0.4, -0.2) is 41.5 Å². The molecule has 3 heterocycles. The van der Waals surface area contributed by atoms with Gasteiger partial charge in [0.1, 0.15) is 17.3 Å². The maximum Gasteiger partial charge on any atom is 0.317 e. The van der Waals surface area contributed by atoms with E-state index in [1.807, 2.05) is 52.9 Å². The summed E-state index contributed by atoms with van der Waals surface area (Å²) in [6.45, 7) is 7.38. The van der Waals surface area contributed by atoms with Gasteiger partial charge >= 0.3 is 5.97 Å². The van der Waals surface area contributed by atoms with Crippen molar-refractivity contribution in [3.8, 4) is 11.3 Å². The number of aryl methyl sites for hydroxylation is 1. The number of ether oxygens (including phenoxy) is 1. The summed E-state index contributed by atoms with van der Waals surface area (Å²) in [7, 11) is 1.82. The number of carbonyl (C=O) groups is 1. The molecule has 0 spiro atoms. The molecule has 0 saturated carbocycles. The molecule has 1 aromatic carbocycles. The highest BCUT2D eigenvalue weighted by Gasteiger charge is 2.31. The molecule has 1 atom stereocenters. The topological polar surface area (TPSA) is 127 Å². The highest BCUT2D eigenvalue weighted by molar-refractivity contribution is 6.31. The summed E-state index contributed by atoms with van der Waals surface area (Å²) in [5.74, 6) is -0.155. The Kier molecular flexibility index (Phi) is 5.46. The molecule has 32 heavy (non-hydrogen) atoms. The largest absolute Gasteiger partial charge is 0.459 e. The lowest BCUT2D eigenvalue weighted by atomic mass is 10.0. The summed E-state index contributed by atoms with van der Waals surface area (Å²) >= 11 is 6.46. The second-order valence-electron chi connectivity index (χ2n) is 8.81. The number of nitrogens with zero attached hydrogens (tertiary/aromatic N) is 4. The fourth-order valence-corrected chi connectivity index (χ4v) is 3.75. The minimum atomic E-state index is -0.693. The SMILES string of the molecule is Cc1c(Cl)c(C[C@H](C(=O)OC(C)(C)C)c2ncc(-c3ccc4c(N)n[nH]c4c3)[nH]2)nn1C. The quantitative estimate of drug-likeness (QED) is 0.391. The van der Waals surface area contributed by atoms with Crippen LogP contribution in [0.3, 0.4) is 0 Å². The van der Waals surface area contributed by atoms with Crippen molar-refractivity contribution < 1.29 is 9.53 Å². The molecular weight excluding hydrogens is 430 g/mol. The predicted octanol–water partition coefficient (Wildman–Crippen LogP) is 3.90. The molecule has 4 aromatic rings. The summed E-state index contributed by atoms with van der Waals surface area (Å²) in [4.78, 5) is 20.9. The van der Waals surface area contributed by atoms with Gasteiger partial charge in [-0.3, -0.25) is 14.6 Å². The van der Waals surface area contributed by atoms with Gasteiger partial charge in [-0.2, -0.15) is 10.2 Å². The van der Waals surface area contributed by atoms with E-state index in [0.717, 1.165) is 27.9 Å². The third-order valence-electron chi connectivity index (χ3n) is 5.24. The number of fused-ring (bicyclic) bond motifs is 1. The van der Waals surface area contributed by atoms with Crippen LogP contribution in [0.25, 0.3) is 22.2 Å². The Morgan fingerprint density at radius 3 is 2.75 bits per heavy atom. The molecule has 0 aliphatic rings. The lowest BCUT2D eigenvalue weighted by Gasteiger charge is -2.23. The monoisotopic (exact) mass is 455 g/mol. The molecule has 0 radical (unpaired) electrons. The molecule has 3 aromatic heterocycles. The van der Waals surface area contributed by atoms with Crippen molar-refractivity contribution in [3.05, 3.63) is 46.6 Å². The Morgan fingerprint density at radius 2 is 2.09 bits per heavy atom. The summed E-state index contributed by atoms with van der Waals surface area (Å²) in [5.41, 5.74) is 9.13. The van der Waals surface area contributed by atoms with E-state index < -0.39 is 17.5 Å². The molecule has 0 amide bonds. The number of rotatable bonds is 5. The minimum Gasteiger partial charge on any atom is -0.459 e. The van der Waals surface area contributed by atoms with E-state index in [-0.39, 0.29) is 6.42 Å². The van der Waals surface area contributed by atoms with Crippen LogP contribution in [0.2, 0.25) is 5.02 Å². The number of esters is 1. The number of carbonyl (C=O) groups excluding carboxylic acids is 1.